The Hall–Kier alpha value is -2.93. The number of ether oxygens (including phenoxy) is 2. The summed E-state index contributed by atoms with van der Waals surface area (Å²) in [6.45, 7) is 4.31. The molecule has 2 aromatic carbocycles. The molecule has 3 rings (SSSR count). The van der Waals surface area contributed by atoms with E-state index in [-0.39, 0.29) is 30.0 Å². The fraction of sp³-hybridized carbons (Fsp3) is 0.238. The largest absolute Gasteiger partial charge is 0.504 e. The van der Waals surface area contributed by atoms with Crippen LogP contribution in [0.25, 0.3) is 6.08 Å². The number of rotatable bonds is 6. The van der Waals surface area contributed by atoms with Gasteiger partial charge in [-0.25, -0.2) is 0 Å². The number of imide groups is 1. The number of benzene rings is 2. The lowest BCUT2D eigenvalue weighted by molar-refractivity contribution is -0.123. The van der Waals surface area contributed by atoms with Gasteiger partial charge in [-0.2, -0.15) is 0 Å². The van der Waals surface area contributed by atoms with E-state index in [2.05, 4.69) is 0 Å². The van der Waals surface area contributed by atoms with Gasteiger partial charge < -0.3 is 14.6 Å². The van der Waals surface area contributed by atoms with E-state index in [4.69, 9.17) is 9.47 Å². The Morgan fingerprint density at radius 1 is 1.11 bits per heavy atom. The van der Waals surface area contributed by atoms with E-state index in [9.17, 15) is 14.7 Å². The van der Waals surface area contributed by atoms with Crippen LogP contribution >= 0.6 is 11.8 Å². The smallest absolute Gasteiger partial charge is 0.293 e. The van der Waals surface area contributed by atoms with Crippen LogP contribution in [-0.2, 0) is 4.79 Å². The molecule has 1 aliphatic rings. The Morgan fingerprint density at radius 3 is 2.61 bits per heavy atom. The van der Waals surface area contributed by atoms with Gasteiger partial charge in [0, 0.05) is 0 Å². The molecule has 0 radical (unpaired) electrons. The minimum absolute atomic E-state index is 0.0302. The topological polar surface area (TPSA) is 76.1 Å². The highest BCUT2D eigenvalue weighted by Gasteiger charge is 2.34. The molecule has 1 fully saturated rings. The minimum Gasteiger partial charge on any atom is -0.504 e. The summed E-state index contributed by atoms with van der Waals surface area (Å²) in [6.07, 6.45) is 1.58. The molecule has 1 N–H and O–H groups in total. The standard InChI is InChI=1S/C21H21NO5S/c1-13-4-5-14(2)18(10-13)27-9-8-22-20(24)19(28-21(22)25)12-15-6-7-17(26-3)16(23)11-15/h4-7,10-12,23H,8-9H2,1-3H3/b19-12-. The highest BCUT2D eigenvalue weighted by Crippen LogP contribution is 2.34. The third-order valence-electron chi connectivity index (χ3n) is 4.29. The number of hydrogen-bond acceptors (Lipinski definition) is 6. The maximum absolute atomic E-state index is 12.6. The van der Waals surface area contributed by atoms with Crippen molar-refractivity contribution in [3.05, 3.63) is 58.0 Å². The number of methoxy groups -OCH3 is 1. The van der Waals surface area contributed by atoms with E-state index in [1.54, 1.807) is 18.2 Å². The molecule has 0 unspecified atom stereocenters. The molecule has 1 saturated heterocycles. The Bertz CT molecular complexity index is 954. The van der Waals surface area contributed by atoms with Crippen LogP contribution in [0.3, 0.4) is 0 Å². The third kappa shape index (κ3) is 4.31. The zero-order valence-electron chi connectivity index (χ0n) is 15.9. The molecule has 2 amide bonds. The Labute approximate surface area is 167 Å². The summed E-state index contributed by atoms with van der Waals surface area (Å²) in [4.78, 5) is 26.3. The maximum atomic E-state index is 12.6. The van der Waals surface area contributed by atoms with Gasteiger partial charge in [-0.15, -0.1) is 0 Å². The van der Waals surface area contributed by atoms with Crippen LogP contribution in [-0.4, -0.2) is 41.4 Å². The second-order valence-corrected chi connectivity index (χ2v) is 7.38. The molecule has 0 saturated carbocycles. The van der Waals surface area contributed by atoms with E-state index in [1.807, 2.05) is 32.0 Å². The molecule has 1 aliphatic heterocycles. The van der Waals surface area contributed by atoms with Crippen LogP contribution in [0, 0.1) is 13.8 Å². The van der Waals surface area contributed by atoms with E-state index < -0.39 is 0 Å². The van der Waals surface area contributed by atoms with Gasteiger partial charge in [0.25, 0.3) is 11.1 Å². The summed E-state index contributed by atoms with van der Waals surface area (Å²) in [5, 5.41) is 9.53. The molecule has 0 atom stereocenters. The highest BCUT2D eigenvalue weighted by atomic mass is 32.2. The highest BCUT2D eigenvalue weighted by molar-refractivity contribution is 8.18. The Kier molecular flexibility index (Phi) is 5.94. The van der Waals surface area contributed by atoms with Gasteiger partial charge in [0.2, 0.25) is 0 Å². The number of carbonyl (C=O) groups is 2. The lowest BCUT2D eigenvalue weighted by atomic mass is 10.1. The fourth-order valence-corrected chi connectivity index (χ4v) is 3.62. The van der Waals surface area contributed by atoms with Crippen LogP contribution in [0.1, 0.15) is 16.7 Å². The number of aryl methyl sites for hydroxylation is 2. The number of carbonyl (C=O) groups excluding carboxylic acids is 2. The summed E-state index contributed by atoms with van der Waals surface area (Å²) >= 11 is 0.874. The first-order valence-electron chi connectivity index (χ1n) is 8.71. The van der Waals surface area contributed by atoms with Crippen molar-refractivity contribution in [1.82, 2.24) is 4.90 Å². The number of hydrogen-bond donors (Lipinski definition) is 1. The van der Waals surface area contributed by atoms with E-state index in [0.717, 1.165) is 28.6 Å². The zero-order valence-corrected chi connectivity index (χ0v) is 16.7. The van der Waals surface area contributed by atoms with Gasteiger partial charge in [0.05, 0.1) is 18.6 Å². The Balaban J connectivity index is 1.66. The summed E-state index contributed by atoms with van der Waals surface area (Å²) in [5.74, 6) is 0.692. The van der Waals surface area contributed by atoms with Crippen molar-refractivity contribution in [3.63, 3.8) is 0 Å². The van der Waals surface area contributed by atoms with Crippen molar-refractivity contribution in [3.8, 4) is 17.2 Å². The SMILES string of the molecule is COc1ccc(/C=C2\SC(=O)N(CCOc3cc(C)ccc3C)C2=O)cc1O. The second-order valence-electron chi connectivity index (χ2n) is 6.38. The number of phenolic OH excluding ortho intramolecular Hbond substituents is 1. The fourth-order valence-electron chi connectivity index (χ4n) is 2.75. The summed E-state index contributed by atoms with van der Waals surface area (Å²) in [5.41, 5.74) is 2.69. The van der Waals surface area contributed by atoms with Crippen molar-refractivity contribution in [1.29, 1.82) is 0 Å². The molecule has 0 aromatic heterocycles. The molecule has 0 bridgehead atoms. The quantitative estimate of drug-likeness (QED) is 0.736. The molecule has 2 aromatic rings. The van der Waals surface area contributed by atoms with Crippen molar-refractivity contribution >= 4 is 29.0 Å². The molecule has 146 valence electrons. The molecule has 6 nitrogen and oxygen atoms in total. The van der Waals surface area contributed by atoms with Gasteiger partial charge >= 0.3 is 0 Å². The van der Waals surface area contributed by atoms with Gasteiger partial charge in [-0.05, 0) is 66.6 Å². The third-order valence-corrected chi connectivity index (χ3v) is 5.20. The molecule has 0 spiro atoms. The van der Waals surface area contributed by atoms with Crippen LogP contribution in [0.5, 0.6) is 17.2 Å². The van der Waals surface area contributed by atoms with Crippen molar-refractivity contribution < 1.29 is 24.2 Å². The number of aromatic hydroxyl groups is 1. The van der Waals surface area contributed by atoms with Gasteiger partial charge in [0.15, 0.2) is 11.5 Å². The van der Waals surface area contributed by atoms with Gasteiger partial charge in [-0.3, -0.25) is 14.5 Å². The molecular weight excluding hydrogens is 378 g/mol. The lowest BCUT2D eigenvalue weighted by Gasteiger charge is -2.14. The molecule has 1 heterocycles. The predicted octanol–water partition coefficient (Wildman–Crippen LogP) is 4.13. The molecule has 0 aliphatic carbocycles. The van der Waals surface area contributed by atoms with Crippen LogP contribution < -0.4 is 9.47 Å². The average Bonchev–Trinajstić information content (AvgIpc) is 2.92. The average molecular weight is 399 g/mol. The lowest BCUT2D eigenvalue weighted by Crippen LogP contribution is -2.32. The normalized spacial score (nSPS) is 15.4. The maximum Gasteiger partial charge on any atom is 0.293 e. The summed E-state index contributed by atoms with van der Waals surface area (Å²) in [6, 6.07) is 10.7. The van der Waals surface area contributed by atoms with Crippen LogP contribution in [0.15, 0.2) is 41.3 Å². The van der Waals surface area contributed by atoms with Crippen LogP contribution in [0.4, 0.5) is 4.79 Å². The number of thioether (sulfide) groups is 1. The van der Waals surface area contributed by atoms with Crippen LogP contribution in [0.2, 0.25) is 0 Å². The zero-order chi connectivity index (χ0) is 20.3. The first-order valence-corrected chi connectivity index (χ1v) is 9.53. The predicted molar refractivity (Wildman–Crippen MR) is 109 cm³/mol. The van der Waals surface area contributed by atoms with E-state index >= 15 is 0 Å². The number of nitrogens with zero attached hydrogens (tertiary/aromatic N) is 1. The van der Waals surface area contributed by atoms with Gasteiger partial charge in [-0.1, -0.05) is 18.2 Å². The second kappa shape index (κ2) is 8.39. The van der Waals surface area contributed by atoms with Gasteiger partial charge in [0.1, 0.15) is 12.4 Å². The Morgan fingerprint density at radius 2 is 1.89 bits per heavy atom. The first kappa shape index (κ1) is 19.8. The minimum atomic E-state index is -0.366. The number of phenols is 1. The van der Waals surface area contributed by atoms with Crippen molar-refractivity contribution in [2.75, 3.05) is 20.3 Å². The molecule has 7 heteroatoms. The number of amides is 2. The van der Waals surface area contributed by atoms with Crippen molar-refractivity contribution in [2.45, 2.75) is 13.8 Å². The monoisotopic (exact) mass is 399 g/mol. The van der Waals surface area contributed by atoms with Crippen molar-refractivity contribution in [2.24, 2.45) is 0 Å². The summed E-state index contributed by atoms with van der Waals surface area (Å²) in [7, 11) is 1.46. The molecular formula is C21H21NO5S. The van der Waals surface area contributed by atoms with E-state index in [1.165, 1.54) is 18.1 Å². The first-order chi connectivity index (χ1) is 13.4. The summed E-state index contributed by atoms with van der Waals surface area (Å²) < 4.78 is 10.8. The van der Waals surface area contributed by atoms with E-state index in [0.29, 0.717) is 16.2 Å². The molecule has 28 heavy (non-hydrogen) atoms.